The van der Waals surface area contributed by atoms with Crippen LogP contribution >= 0.6 is 0 Å². The normalized spacial score (nSPS) is 11.3. The molecule has 0 amide bonds. The lowest BCUT2D eigenvalue weighted by Crippen LogP contribution is -2.12. The van der Waals surface area contributed by atoms with Crippen LogP contribution in [0.1, 0.15) is 11.1 Å². The maximum atomic E-state index is 2.39. The number of hydrogen-bond donors (Lipinski definition) is 0. The first-order chi connectivity index (χ1) is 6.59. The number of benzene rings is 1. The summed E-state index contributed by atoms with van der Waals surface area (Å²) >= 11 is 0. The van der Waals surface area contributed by atoms with Crippen molar-refractivity contribution < 1.29 is 0 Å². The molecule has 0 nitrogen and oxygen atoms in total. The highest BCUT2D eigenvalue weighted by atomic mass is 28.3. The van der Waals surface area contributed by atoms with Crippen LogP contribution in [0.2, 0.25) is 26.2 Å². The zero-order valence-electron chi connectivity index (χ0n) is 9.72. The average molecular weight is 220 g/mol. The maximum Gasteiger partial charge on any atom is 0.0460 e. The molecular weight excluding hydrogens is 200 g/mol. The molecule has 0 N–H and O–H groups in total. The minimum atomic E-state index is -0.133. The molecule has 0 fully saturated rings. The summed E-state index contributed by atoms with van der Waals surface area (Å²) in [6.07, 6.45) is 0. The van der Waals surface area contributed by atoms with E-state index in [-0.39, 0.29) is 17.6 Å². The lowest BCUT2D eigenvalue weighted by atomic mass is 10.1. The Kier molecular flexibility index (Phi) is 4.62. The largest absolute Gasteiger partial charge is 0.0710 e. The fourth-order valence-corrected chi connectivity index (χ4v) is 3.88. The van der Waals surface area contributed by atoms with Crippen LogP contribution in [0.3, 0.4) is 0 Å². The lowest BCUT2D eigenvalue weighted by molar-refractivity contribution is 1.23. The lowest BCUT2D eigenvalue weighted by Gasteiger charge is -2.11. The second-order valence-corrected chi connectivity index (χ2v) is 10.1. The van der Waals surface area contributed by atoms with Crippen molar-refractivity contribution in [3.63, 3.8) is 0 Å². The van der Waals surface area contributed by atoms with Gasteiger partial charge in [0.05, 0.1) is 0 Å². The van der Waals surface area contributed by atoms with E-state index in [0.29, 0.717) is 0 Å². The molecule has 0 unspecified atom stereocenters. The summed E-state index contributed by atoms with van der Waals surface area (Å²) in [6.45, 7) is 9.58. The fraction of sp³-hybridized carbons (Fsp3) is 0.500. The monoisotopic (exact) mass is 220 g/mol. The highest BCUT2D eigenvalue weighted by Gasteiger charge is 2.06. The summed E-state index contributed by atoms with van der Waals surface area (Å²) in [5.74, 6) is 0. The standard InChI is InChI=1S/C12H20Si2/c1-13(2)9-11-7-5-6-8-12(11)10-14(3)4/h5-8H,9-10H2,1-4H3. The van der Waals surface area contributed by atoms with Gasteiger partial charge >= 0.3 is 0 Å². The fourth-order valence-electron chi connectivity index (χ4n) is 1.66. The summed E-state index contributed by atoms with van der Waals surface area (Å²) in [5.41, 5.74) is 3.22. The van der Waals surface area contributed by atoms with Crippen LogP contribution in [0.5, 0.6) is 0 Å². The first-order valence-corrected chi connectivity index (χ1v) is 10.7. The Morgan fingerprint density at radius 3 is 1.43 bits per heavy atom. The molecule has 0 aliphatic carbocycles. The predicted molar refractivity (Wildman–Crippen MR) is 68.8 cm³/mol. The van der Waals surface area contributed by atoms with Gasteiger partial charge in [-0.05, 0) is 23.2 Å². The van der Waals surface area contributed by atoms with E-state index in [1.54, 1.807) is 11.1 Å². The smallest absolute Gasteiger partial charge is 0.0460 e. The molecule has 1 aromatic rings. The first-order valence-electron chi connectivity index (χ1n) is 5.24. The van der Waals surface area contributed by atoms with Gasteiger partial charge in [0, 0.05) is 17.6 Å². The van der Waals surface area contributed by atoms with Crippen molar-refractivity contribution in [3.05, 3.63) is 35.4 Å². The summed E-state index contributed by atoms with van der Waals surface area (Å²) in [7, 11) is -0.266. The van der Waals surface area contributed by atoms with Gasteiger partial charge in [-0.3, -0.25) is 0 Å². The molecular formula is C12H20Si2. The molecule has 1 aromatic carbocycles. The third-order valence-corrected chi connectivity index (χ3v) is 4.38. The van der Waals surface area contributed by atoms with Crippen LogP contribution < -0.4 is 0 Å². The summed E-state index contributed by atoms with van der Waals surface area (Å²) in [6, 6.07) is 11.7. The zero-order valence-corrected chi connectivity index (χ0v) is 11.7. The highest BCUT2D eigenvalue weighted by molar-refractivity contribution is 6.56. The highest BCUT2D eigenvalue weighted by Crippen LogP contribution is 2.12. The van der Waals surface area contributed by atoms with Crippen molar-refractivity contribution in [2.45, 2.75) is 38.3 Å². The summed E-state index contributed by atoms with van der Waals surface area (Å²) in [4.78, 5) is 0. The molecule has 0 heterocycles. The molecule has 2 heteroatoms. The van der Waals surface area contributed by atoms with Gasteiger partial charge in [-0.15, -0.1) is 0 Å². The van der Waals surface area contributed by atoms with Crippen LogP contribution in [-0.2, 0) is 12.1 Å². The van der Waals surface area contributed by atoms with Crippen LogP contribution in [-0.4, -0.2) is 17.6 Å². The van der Waals surface area contributed by atoms with E-state index >= 15 is 0 Å². The van der Waals surface area contributed by atoms with Crippen LogP contribution in [0.4, 0.5) is 0 Å². The number of hydrogen-bond acceptors (Lipinski definition) is 0. The van der Waals surface area contributed by atoms with Gasteiger partial charge in [0.25, 0.3) is 0 Å². The number of rotatable bonds is 4. The quantitative estimate of drug-likeness (QED) is 0.683. The van der Waals surface area contributed by atoms with Crippen LogP contribution in [0.25, 0.3) is 0 Å². The third kappa shape index (κ3) is 3.80. The Labute approximate surface area is 91.6 Å². The Balaban J connectivity index is 2.80. The molecule has 76 valence electrons. The average Bonchev–Trinajstić information content (AvgIpc) is 2.06. The second kappa shape index (κ2) is 5.51. The minimum absolute atomic E-state index is 0.133. The van der Waals surface area contributed by atoms with Gasteiger partial charge in [-0.1, -0.05) is 50.5 Å². The molecule has 0 bridgehead atoms. The summed E-state index contributed by atoms with van der Waals surface area (Å²) in [5, 5.41) is 0. The third-order valence-electron chi connectivity index (χ3n) is 2.21. The van der Waals surface area contributed by atoms with Gasteiger partial charge in [-0.2, -0.15) is 0 Å². The van der Waals surface area contributed by atoms with Crippen molar-refractivity contribution in [1.29, 1.82) is 0 Å². The van der Waals surface area contributed by atoms with E-state index < -0.39 is 0 Å². The van der Waals surface area contributed by atoms with E-state index in [2.05, 4.69) is 50.5 Å². The van der Waals surface area contributed by atoms with Crippen molar-refractivity contribution in [2.24, 2.45) is 0 Å². The van der Waals surface area contributed by atoms with Crippen molar-refractivity contribution in [1.82, 2.24) is 0 Å². The van der Waals surface area contributed by atoms with Crippen molar-refractivity contribution in [2.75, 3.05) is 0 Å². The zero-order chi connectivity index (χ0) is 10.6. The van der Waals surface area contributed by atoms with Gasteiger partial charge < -0.3 is 0 Å². The molecule has 0 saturated carbocycles. The Morgan fingerprint density at radius 1 is 0.786 bits per heavy atom. The molecule has 0 spiro atoms. The van der Waals surface area contributed by atoms with E-state index in [1.807, 2.05) is 0 Å². The molecule has 14 heavy (non-hydrogen) atoms. The van der Waals surface area contributed by atoms with Crippen molar-refractivity contribution in [3.8, 4) is 0 Å². The molecule has 0 saturated heterocycles. The molecule has 0 aliphatic heterocycles. The molecule has 0 atom stereocenters. The summed E-state index contributed by atoms with van der Waals surface area (Å²) < 4.78 is 0. The van der Waals surface area contributed by atoms with E-state index in [9.17, 15) is 0 Å². The Morgan fingerprint density at radius 2 is 1.14 bits per heavy atom. The van der Waals surface area contributed by atoms with E-state index in [1.165, 1.54) is 12.1 Å². The molecule has 2 radical (unpaired) electrons. The Bertz CT molecular complexity index is 250. The molecule has 0 aliphatic rings. The topological polar surface area (TPSA) is 0 Å². The van der Waals surface area contributed by atoms with Crippen LogP contribution in [0.15, 0.2) is 24.3 Å². The first kappa shape index (κ1) is 11.7. The minimum Gasteiger partial charge on any atom is -0.0710 e. The Hall–Kier alpha value is -0.346. The van der Waals surface area contributed by atoms with Gasteiger partial charge in [-0.25, -0.2) is 0 Å². The van der Waals surface area contributed by atoms with Crippen LogP contribution in [0, 0.1) is 0 Å². The van der Waals surface area contributed by atoms with Crippen molar-refractivity contribution >= 4 is 17.6 Å². The SMILES string of the molecule is C[Si](C)Cc1ccccc1C[Si](C)C. The predicted octanol–water partition coefficient (Wildman–Crippen LogP) is 3.36. The van der Waals surface area contributed by atoms with Gasteiger partial charge in [0.2, 0.25) is 0 Å². The van der Waals surface area contributed by atoms with E-state index in [4.69, 9.17) is 0 Å². The van der Waals surface area contributed by atoms with Gasteiger partial charge in [0.1, 0.15) is 0 Å². The molecule has 1 rings (SSSR count). The second-order valence-electron chi connectivity index (χ2n) is 4.54. The van der Waals surface area contributed by atoms with E-state index in [0.717, 1.165) is 0 Å². The maximum absolute atomic E-state index is 2.39. The molecule has 0 aromatic heterocycles. The van der Waals surface area contributed by atoms with Gasteiger partial charge in [0.15, 0.2) is 0 Å².